The third kappa shape index (κ3) is 4.30. The Kier molecular flexibility index (Phi) is 5.32. The van der Waals surface area contributed by atoms with E-state index in [1.54, 1.807) is 6.07 Å². The van der Waals surface area contributed by atoms with Crippen molar-refractivity contribution in [2.75, 3.05) is 26.2 Å². The van der Waals surface area contributed by atoms with Gasteiger partial charge in [-0.25, -0.2) is 4.39 Å². The molecule has 0 saturated carbocycles. The van der Waals surface area contributed by atoms with E-state index in [1.165, 1.54) is 50.4 Å². The van der Waals surface area contributed by atoms with Crippen LogP contribution in [0.2, 0.25) is 0 Å². The first-order valence-corrected chi connectivity index (χ1v) is 9.79. The number of likely N-dealkylation sites (tertiary alicyclic amines) is 2. The summed E-state index contributed by atoms with van der Waals surface area (Å²) in [4.78, 5) is 9.28. The van der Waals surface area contributed by atoms with Gasteiger partial charge in [-0.05, 0) is 86.6 Å². The Morgan fingerprint density at radius 2 is 1.46 bits per heavy atom. The van der Waals surface area contributed by atoms with Gasteiger partial charge in [0.15, 0.2) is 0 Å². The SMILES string of the molecule is Fc1cccc(CN2CCC3(CCN(Cc4cccnc4)CC3)CC2)c1. The second-order valence-corrected chi connectivity index (χ2v) is 8.04. The van der Waals surface area contributed by atoms with Gasteiger partial charge in [0, 0.05) is 25.5 Å². The van der Waals surface area contributed by atoms with Gasteiger partial charge in [0.25, 0.3) is 0 Å². The highest BCUT2D eigenvalue weighted by Gasteiger charge is 2.37. The number of nitrogens with zero attached hydrogens (tertiary/aromatic N) is 3. The zero-order valence-corrected chi connectivity index (χ0v) is 15.4. The Bertz CT molecular complexity index is 700. The maximum absolute atomic E-state index is 13.4. The van der Waals surface area contributed by atoms with Crippen LogP contribution >= 0.6 is 0 Å². The Labute approximate surface area is 155 Å². The van der Waals surface area contributed by atoms with Gasteiger partial charge in [-0.15, -0.1) is 0 Å². The van der Waals surface area contributed by atoms with Gasteiger partial charge < -0.3 is 0 Å². The minimum Gasteiger partial charge on any atom is -0.299 e. The van der Waals surface area contributed by atoms with Crippen molar-refractivity contribution < 1.29 is 4.39 Å². The van der Waals surface area contributed by atoms with E-state index < -0.39 is 0 Å². The molecule has 1 spiro atoms. The van der Waals surface area contributed by atoms with Gasteiger partial charge >= 0.3 is 0 Å². The molecule has 0 bridgehead atoms. The molecule has 26 heavy (non-hydrogen) atoms. The molecule has 4 rings (SSSR count). The fourth-order valence-electron chi connectivity index (χ4n) is 4.51. The summed E-state index contributed by atoms with van der Waals surface area (Å²) < 4.78 is 13.4. The van der Waals surface area contributed by atoms with Crippen LogP contribution in [0.5, 0.6) is 0 Å². The van der Waals surface area contributed by atoms with Crippen molar-refractivity contribution >= 4 is 0 Å². The lowest BCUT2D eigenvalue weighted by Crippen LogP contribution is -2.46. The van der Waals surface area contributed by atoms with Crippen LogP contribution in [0.1, 0.15) is 36.8 Å². The molecule has 2 saturated heterocycles. The van der Waals surface area contributed by atoms with Crippen LogP contribution in [0.25, 0.3) is 0 Å². The normalized spacial score (nSPS) is 21.1. The van der Waals surface area contributed by atoms with Crippen molar-refractivity contribution in [3.8, 4) is 0 Å². The monoisotopic (exact) mass is 353 g/mol. The van der Waals surface area contributed by atoms with Gasteiger partial charge in [0.1, 0.15) is 5.82 Å². The highest BCUT2D eigenvalue weighted by atomic mass is 19.1. The molecular formula is C22H28FN3. The van der Waals surface area contributed by atoms with E-state index in [0.29, 0.717) is 5.41 Å². The molecule has 0 radical (unpaired) electrons. The van der Waals surface area contributed by atoms with Crippen LogP contribution in [0.15, 0.2) is 48.8 Å². The van der Waals surface area contributed by atoms with Crippen molar-refractivity contribution in [3.63, 3.8) is 0 Å². The minimum atomic E-state index is -0.128. The van der Waals surface area contributed by atoms with Crippen molar-refractivity contribution in [1.29, 1.82) is 0 Å². The van der Waals surface area contributed by atoms with Crippen molar-refractivity contribution in [2.24, 2.45) is 5.41 Å². The summed E-state index contributed by atoms with van der Waals surface area (Å²) in [6.45, 7) is 6.56. The fourth-order valence-corrected chi connectivity index (χ4v) is 4.51. The Balaban J connectivity index is 1.26. The van der Waals surface area contributed by atoms with E-state index in [9.17, 15) is 4.39 Å². The van der Waals surface area contributed by atoms with Crippen LogP contribution in [0.3, 0.4) is 0 Å². The highest BCUT2D eigenvalue weighted by molar-refractivity contribution is 5.16. The maximum Gasteiger partial charge on any atom is 0.123 e. The number of hydrogen-bond acceptors (Lipinski definition) is 3. The van der Waals surface area contributed by atoms with Crippen molar-refractivity contribution in [3.05, 3.63) is 65.7 Å². The summed E-state index contributed by atoms with van der Waals surface area (Å²) in [5, 5.41) is 0. The molecule has 0 aliphatic carbocycles. The lowest BCUT2D eigenvalue weighted by atomic mass is 9.71. The van der Waals surface area contributed by atoms with Crippen LogP contribution in [-0.2, 0) is 13.1 Å². The average Bonchev–Trinajstić information content (AvgIpc) is 2.67. The molecular weight excluding hydrogens is 325 g/mol. The zero-order valence-electron chi connectivity index (χ0n) is 15.4. The van der Waals surface area contributed by atoms with E-state index in [1.807, 2.05) is 30.6 Å². The molecule has 1 aromatic heterocycles. The molecule has 1 aromatic carbocycles. The highest BCUT2D eigenvalue weighted by Crippen LogP contribution is 2.41. The quantitative estimate of drug-likeness (QED) is 0.825. The standard InChI is InChI=1S/C22H28FN3/c23-21-5-1-3-19(15-21)17-25-11-6-22(7-12-25)8-13-26(14-9-22)18-20-4-2-10-24-16-20/h1-5,10,15-16H,6-9,11-14,17-18H2. The summed E-state index contributed by atoms with van der Waals surface area (Å²) >= 11 is 0. The second kappa shape index (κ2) is 7.85. The first-order valence-electron chi connectivity index (χ1n) is 9.79. The number of halogens is 1. The van der Waals surface area contributed by atoms with Crippen LogP contribution in [-0.4, -0.2) is 41.0 Å². The maximum atomic E-state index is 13.4. The van der Waals surface area contributed by atoms with Crippen molar-refractivity contribution in [1.82, 2.24) is 14.8 Å². The molecule has 2 fully saturated rings. The fraction of sp³-hybridized carbons (Fsp3) is 0.500. The molecule has 138 valence electrons. The Hall–Kier alpha value is -1.78. The second-order valence-electron chi connectivity index (χ2n) is 8.04. The first kappa shape index (κ1) is 17.6. The summed E-state index contributed by atoms with van der Waals surface area (Å²) in [5.41, 5.74) is 2.93. The van der Waals surface area contributed by atoms with Crippen LogP contribution in [0.4, 0.5) is 4.39 Å². The van der Waals surface area contributed by atoms with Gasteiger partial charge in [-0.3, -0.25) is 14.8 Å². The molecule has 0 atom stereocenters. The number of piperidine rings is 2. The van der Waals surface area contributed by atoms with Gasteiger partial charge in [0.2, 0.25) is 0 Å². The van der Waals surface area contributed by atoms with Crippen LogP contribution < -0.4 is 0 Å². The lowest BCUT2D eigenvalue weighted by molar-refractivity contribution is 0.0299. The predicted octanol–water partition coefficient (Wildman–Crippen LogP) is 4.10. The molecule has 0 unspecified atom stereocenters. The molecule has 2 aliphatic heterocycles. The largest absolute Gasteiger partial charge is 0.299 e. The number of hydrogen-bond donors (Lipinski definition) is 0. The van der Waals surface area contributed by atoms with E-state index in [0.717, 1.165) is 31.7 Å². The minimum absolute atomic E-state index is 0.128. The topological polar surface area (TPSA) is 19.4 Å². The third-order valence-electron chi connectivity index (χ3n) is 6.26. The number of aromatic nitrogens is 1. The molecule has 3 heterocycles. The summed E-state index contributed by atoms with van der Waals surface area (Å²) in [5.74, 6) is -0.128. The van der Waals surface area contributed by atoms with Gasteiger partial charge in [-0.1, -0.05) is 18.2 Å². The van der Waals surface area contributed by atoms with Crippen molar-refractivity contribution in [2.45, 2.75) is 38.8 Å². The summed E-state index contributed by atoms with van der Waals surface area (Å²) in [6.07, 6.45) is 9.00. The first-order chi connectivity index (χ1) is 12.7. The van der Waals surface area contributed by atoms with Crippen LogP contribution in [0, 0.1) is 11.2 Å². The number of rotatable bonds is 4. The smallest absolute Gasteiger partial charge is 0.123 e. The predicted molar refractivity (Wildman–Crippen MR) is 102 cm³/mol. The molecule has 0 N–H and O–H groups in total. The third-order valence-corrected chi connectivity index (χ3v) is 6.26. The molecule has 4 heteroatoms. The number of benzene rings is 1. The molecule has 2 aromatic rings. The van der Waals surface area contributed by atoms with E-state index in [-0.39, 0.29) is 5.82 Å². The van der Waals surface area contributed by atoms with Gasteiger partial charge in [-0.2, -0.15) is 0 Å². The Morgan fingerprint density at radius 3 is 2.04 bits per heavy atom. The van der Waals surface area contributed by atoms with E-state index >= 15 is 0 Å². The molecule has 0 amide bonds. The lowest BCUT2D eigenvalue weighted by Gasteiger charge is -2.47. The molecule has 3 nitrogen and oxygen atoms in total. The van der Waals surface area contributed by atoms with E-state index in [2.05, 4.69) is 20.9 Å². The van der Waals surface area contributed by atoms with Gasteiger partial charge in [0.05, 0.1) is 0 Å². The number of pyridine rings is 1. The summed E-state index contributed by atoms with van der Waals surface area (Å²) in [6, 6.07) is 11.2. The Morgan fingerprint density at radius 1 is 0.846 bits per heavy atom. The summed E-state index contributed by atoms with van der Waals surface area (Å²) in [7, 11) is 0. The average molecular weight is 353 g/mol. The molecule has 2 aliphatic rings. The zero-order chi connectivity index (χ0) is 17.8. The van der Waals surface area contributed by atoms with E-state index in [4.69, 9.17) is 0 Å².